The third-order valence-corrected chi connectivity index (χ3v) is 5.35. The van der Waals surface area contributed by atoms with E-state index < -0.39 is 0 Å². The van der Waals surface area contributed by atoms with Crippen molar-refractivity contribution < 1.29 is 9.53 Å². The second-order valence-corrected chi connectivity index (χ2v) is 7.64. The van der Waals surface area contributed by atoms with Crippen LogP contribution in [0.1, 0.15) is 45.9 Å². The summed E-state index contributed by atoms with van der Waals surface area (Å²) in [5.41, 5.74) is 0.893. The van der Waals surface area contributed by atoms with E-state index in [0.717, 1.165) is 18.7 Å². The zero-order chi connectivity index (χ0) is 16.6. The summed E-state index contributed by atoms with van der Waals surface area (Å²) in [6, 6.07) is 5.77. The Balaban J connectivity index is 1.64. The molecule has 4 atom stereocenters. The number of hydrogen-bond acceptors (Lipinski definition) is 3. The quantitative estimate of drug-likeness (QED) is 0.897. The lowest BCUT2D eigenvalue weighted by molar-refractivity contribution is -0.108. The standard InChI is InChI=1S/C18H27N3O2/c1-11(2)14(13-7-5-6-9-19-13)20-17(22)21-15-12-8-10-23-16(12)18(15,3)4/h5-7,9,11-12,14-16H,8,10H2,1-4H3,(H2,20,21,22). The van der Waals surface area contributed by atoms with E-state index in [-0.39, 0.29) is 35.6 Å². The fraction of sp³-hybridized carbons (Fsp3) is 0.667. The maximum absolute atomic E-state index is 12.5. The number of carbonyl (C=O) groups is 1. The number of aromatic nitrogens is 1. The highest BCUT2D eigenvalue weighted by Crippen LogP contribution is 2.52. The number of nitrogens with one attached hydrogen (secondary N) is 2. The first-order chi connectivity index (χ1) is 10.9. The van der Waals surface area contributed by atoms with Crippen molar-refractivity contribution in [2.24, 2.45) is 17.3 Å². The maximum Gasteiger partial charge on any atom is 0.315 e. The molecule has 1 aliphatic heterocycles. The number of urea groups is 1. The maximum atomic E-state index is 12.5. The second-order valence-electron chi connectivity index (χ2n) is 7.64. The number of fused-ring (bicyclic) bond motifs is 1. The van der Waals surface area contributed by atoms with Gasteiger partial charge in [-0.3, -0.25) is 4.98 Å². The van der Waals surface area contributed by atoms with Gasteiger partial charge in [-0.25, -0.2) is 4.79 Å². The third-order valence-electron chi connectivity index (χ3n) is 5.35. The number of amides is 2. The second kappa shape index (κ2) is 6.11. The van der Waals surface area contributed by atoms with Crippen LogP contribution < -0.4 is 10.6 Å². The number of nitrogens with zero attached hydrogens (tertiary/aromatic N) is 1. The van der Waals surface area contributed by atoms with Crippen molar-refractivity contribution in [2.75, 3.05) is 6.61 Å². The van der Waals surface area contributed by atoms with E-state index in [2.05, 4.69) is 43.3 Å². The summed E-state index contributed by atoms with van der Waals surface area (Å²) in [7, 11) is 0. The molecule has 0 spiro atoms. The minimum absolute atomic E-state index is 0.00314. The molecule has 5 nitrogen and oxygen atoms in total. The van der Waals surface area contributed by atoms with Crippen LogP contribution in [0.15, 0.2) is 24.4 Å². The molecule has 23 heavy (non-hydrogen) atoms. The average molecular weight is 317 g/mol. The molecule has 0 bridgehead atoms. The van der Waals surface area contributed by atoms with E-state index in [9.17, 15) is 4.79 Å². The summed E-state index contributed by atoms with van der Waals surface area (Å²) in [6.45, 7) is 9.33. The van der Waals surface area contributed by atoms with Crippen molar-refractivity contribution in [1.29, 1.82) is 0 Å². The van der Waals surface area contributed by atoms with Gasteiger partial charge in [0.25, 0.3) is 0 Å². The zero-order valence-corrected chi connectivity index (χ0v) is 14.4. The number of hydrogen-bond donors (Lipinski definition) is 2. The molecule has 1 aromatic heterocycles. The van der Waals surface area contributed by atoms with Crippen LogP contribution in [-0.2, 0) is 4.74 Å². The van der Waals surface area contributed by atoms with Crippen LogP contribution in [0.3, 0.4) is 0 Å². The Morgan fingerprint density at radius 3 is 2.83 bits per heavy atom. The summed E-state index contributed by atoms with van der Waals surface area (Å²) in [5, 5.41) is 6.27. The highest BCUT2D eigenvalue weighted by Gasteiger charge is 2.59. The summed E-state index contributed by atoms with van der Waals surface area (Å²) in [5.74, 6) is 0.718. The molecule has 2 heterocycles. The fourth-order valence-corrected chi connectivity index (χ4v) is 4.08. The van der Waals surface area contributed by atoms with E-state index in [1.807, 2.05) is 18.2 Å². The van der Waals surface area contributed by atoms with Gasteiger partial charge in [-0.1, -0.05) is 33.8 Å². The van der Waals surface area contributed by atoms with Crippen molar-refractivity contribution in [3.63, 3.8) is 0 Å². The minimum Gasteiger partial charge on any atom is -0.377 e. The molecule has 2 amide bonds. The Morgan fingerprint density at radius 2 is 2.17 bits per heavy atom. The van der Waals surface area contributed by atoms with Gasteiger partial charge in [-0.15, -0.1) is 0 Å². The van der Waals surface area contributed by atoms with Crippen molar-refractivity contribution in [3.05, 3.63) is 30.1 Å². The monoisotopic (exact) mass is 317 g/mol. The SMILES string of the molecule is CC(C)C(NC(=O)NC1C2CCOC2C1(C)C)c1ccccn1. The average Bonchev–Trinajstić information content (AvgIpc) is 2.98. The number of pyridine rings is 1. The topological polar surface area (TPSA) is 63.2 Å². The smallest absolute Gasteiger partial charge is 0.315 e. The van der Waals surface area contributed by atoms with Gasteiger partial charge in [0.1, 0.15) is 0 Å². The molecule has 4 unspecified atom stereocenters. The minimum atomic E-state index is -0.113. The Morgan fingerprint density at radius 1 is 1.39 bits per heavy atom. The molecular weight excluding hydrogens is 290 g/mol. The molecule has 5 heteroatoms. The first-order valence-corrected chi connectivity index (χ1v) is 8.51. The number of rotatable bonds is 4. The van der Waals surface area contributed by atoms with E-state index in [1.165, 1.54) is 0 Å². The van der Waals surface area contributed by atoms with Crippen molar-refractivity contribution in [2.45, 2.75) is 52.3 Å². The molecule has 2 aliphatic rings. The Hall–Kier alpha value is -1.62. The molecule has 1 aliphatic carbocycles. The Bertz CT molecular complexity index is 559. The van der Waals surface area contributed by atoms with Gasteiger partial charge in [0, 0.05) is 30.2 Å². The number of carbonyl (C=O) groups excluding carboxylic acids is 1. The molecule has 1 saturated heterocycles. The summed E-state index contributed by atoms with van der Waals surface area (Å²) >= 11 is 0. The number of ether oxygens (including phenoxy) is 1. The van der Waals surface area contributed by atoms with Gasteiger partial charge in [0.15, 0.2) is 0 Å². The summed E-state index contributed by atoms with van der Waals surface area (Å²) in [4.78, 5) is 16.9. The van der Waals surface area contributed by atoms with E-state index in [1.54, 1.807) is 6.20 Å². The molecular formula is C18H27N3O2. The van der Waals surface area contributed by atoms with Crippen LogP contribution in [0, 0.1) is 17.3 Å². The highest BCUT2D eigenvalue weighted by atomic mass is 16.5. The summed E-state index contributed by atoms with van der Waals surface area (Å²) in [6.07, 6.45) is 3.08. The lowest BCUT2D eigenvalue weighted by Gasteiger charge is -2.54. The molecule has 2 N–H and O–H groups in total. The largest absolute Gasteiger partial charge is 0.377 e. The van der Waals surface area contributed by atoms with Gasteiger partial charge in [-0.05, 0) is 24.5 Å². The van der Waals surface area contributed by atoms with E-state index >= 15 is 0 Å². The van der Waals surface area contributed by atoms with Gasteiger partial charge in [0.2, 0.25) is 0 Å². The van der Waals surface area contributed by atoms with E-state index in [4.69, 9.17) is 4.74 Å². The van der Waals surface area contributed by atoms with Crippen molar-refractivity contribution in [3.8, 4) is 0 Å². The fourth-order valence-electron chi connectivity index (χ4n) is 4.08. The predicted octanol–water partition coefficient (Wildman–Crippen LogP) is 2.89. The zero-order valence-electron chi connectivity index (χ0n) is 14.4. The highest BCUT2D eigenvalue weighted by molar-refractivity contribution is 5.75. The van der Waals surface area contributed by atoms with Gasteiger partial charge < -0.3 is 15.4 Å². The molecule has 0 aromatic carbocycles. The van der Waals surface area contributed by atoms with Crippen LogP contribution in [-0.4, -0.2) is 29.8 Å². The molecule has 126 valence electrons. The van der Waals surface area contributed by atoms with Gasteiger partial charge >= 0.3 is 6.03 Å². The van der Waals surface area contributed by atoms with Gasteiger partial charge in [-0.2, -0.15) is 0 Å². The molecule has 3 rings (SSSR count). The molecule has 1 aromatic rings. The van der Waals surface area contributed by atoms with Crippen LogP contribution in [0.25, 0.3) is 0 Å². The first kappa shape index (κ1) is 16.2. The third kappa shape index (κ3) is 2.94. The van der Waals surface area contributed by atoms with Crippen molar-refractivity contribution in [1.82, 2.24) is 15.6 Å². The molecule has 1 saturated carbocycles. The first-order valence-electron chi connectivity index (χ1n) is 8.51. The summed E-state index contributed by atoms with van der Waals surface area (Å²) < 4.78 is 5.79. The molecule has 2 fully saturated rings. The van der Waals surface area contributed by atoms with Crippen LogP contribution in [0.4, 0.5) is 4.79 Å². The Kier molecular flexibility index (Phi) is 4.32. The predicted molar refractivity (Wildman–Crippen MR) is 88.9 cm³/mol. The lowest BCUT2D eigenvalue weighted by atomic mass is 9.57. The van der Waals surface area contributed by atoms with Crippen LogP contribution in [0.2, 0.25) is 0 Å². The molecule has 0 radical (unpaired) electrons. The Labute approximate surface area is 138 Å². The normalized spacial score (nSPS) is 29.5. The van der Waals surface area contributed by atoms with Crippen molar-refractivity contribution >= 4 is 6.03 Å². The van der Waals surface area contributed by atoms with E-state index in [0.29, 0.717) is 5.92 Å². The van der Waals surface area contributed by atoms with Gasteiger partial charge in [0.05, 0.1) is 17.8 Å². The lowest BCUT2D eigenvalue weighted by Crippen LogP contribution is -2.67. The van der Waals surface area contributed by atoms with Crippen LogP contribution >= 0.6 is 0 Å². The van der Waals surface area contributed by atoms with Crippen LogP contribution in [0.5, 0.6) is 0 Å².